The maximum atomic E-state index is 14.6. The van der Waals surface area contributed by atoms with Gasteiger partial charge in [0, 0.05) is 19.8 Å². The van der Waals surface area contributed by atoms with Crippen LogP contribution in [-0.4, -0.2) is 28.7 Å². The molecule has 1 saturated carbocycles. The Hall–Kier alpha value is -3.18. The molecule has 1 fully saturated rings. The van der Waals surface area contributed by atoms with Gasteiger partial charge in [0.15, 0.2) is 5.69 Å². The van der Waals surface area contributed by atoms with Crippen LogP contribution in [-0.2, 0) is 11.8 Å². The number of hydrogen-bond acceptors (Lipinski definition) is 3. The van der Waals surface area contributed by atoms with E-state index < -0.39 is 23.8 Å². The molecule has 1 aliphatic rings. The number of halogens is 3. The van der Waals surface area contributed by atoms with Crippen LogP contribution in [0.3, 0.4) is 0 Å². The van der Waals surface area contributed by atoms with Gasteiger partial charge in [-0.2, -0.15) is 0 Å². The Bertz CT molecular complexity index is 1160. The third-order valence-electron chi connectivity index (χ3n) is 4.98. The molecule has 29 heavy (non-hydrogen) atoms. The number of benzene rings is 2. The van der Waals surface area contributed by atoms with Crippen molar-refractivity contribution in [3.05, 3.63) is 52.8 Å². The fourth-order valence-corrected chi connectivity index (χ4v) is 3.56. The Morgan fingerprint density at radius 1 is 1.41 bits per heavy atom. The van der Waals surface area contributed by atoms with E-state index in [9.17, 15) is 13.6 Å². The maximum absolute atomic E-state index is 14.6. The van der Waals surface area contributed by atoms with Gasteiger partial charge in [0.05, 0.1) is 40.7 Å². The molecule has 0 bridgehead atoms. The highest BCUT2D eigenvalue weighted by atomic mass is 35.5. The molecule has 6 nitrogen and oxygen atoms in total. The second-order valence-electron chi connectivity index (χ2n) is 6.99. The maximum Gasteiger partial charge on any atom is 0.230 e. The molecule has 1 aliphatic carbocycles. The zero-order chi connectivity index (χ0) is 20.9. The van der Waals surface area contributed by atoms with E-state index in [0.29, 0.717) is 22.4 Å². The molecular formula is C20H16ClF2N5O. The molecule has 3 aromatic rings. The van der Waals surface area contributed by atoms with Crippen molar-refractivity contribution in [2.24, 2.45) is 13.0 Å². The Kier molecular flexibility index (Phi) is 4.63. The van der Waals surface area contributed by atoms with Gasteiger partial charge in [-0.15, -0.1) is 0 Å². The van der Waals surface area contributed by atoms with Gasteiger partial charge < -0.3 is 14.8 Å². The fraction of sp³-hybridized carbons (Fsp3) is 0.250. The molecule has 1 amide bonds. The third kappa shape index (κ3) is 3.38. The highest BCUT2D eigenvalue weighted by molar-refractivity contribution is 6.33. The molecule has 0 aliphatic heterocycles. The first-order valence-corrected chi connectivity index (χ1v) is 9.18. The second kappa shape index (κ2) is 7.01. The Labute approximate surface area is 170 Å². The van der Waals surface area contributed by atoms with E-state index in [1.807, 2.05) is 0 Å². The lowest BCUT2D eigenvalue weighted by atomic mass is 10.2. The van der Waals surface area contributed by atoms with Crippen molar-refractivity contribution in [2.75, 3.05) is 17.3 Å². The van der Waals surface area contributed by atoms with E-state index in [-0.39, 0.29) is 22.8 Å². The number of aryl methyl sites for hydroxylation is 1. The summed E-state index contributed by atoms with van der Waals surface area (Å²) in [6, 6.07) is 5.93. The molecule has 1 heterocycles. The Morgan fingerprint density at radius 3 is 2.76 bits per heavy atom. The number of alkyl halides is 1. The van der Waals surface area contributed by atoms with Crippen molar-refractivity contribution in [1.29, 1.82) is 0 Å². The summed E-state index contributed by atoms with van der Waals surface area (Å²) in [7, 11) is 3.42. The van der Waals surface area contributed by atoms with Crippen LogP contribution in [0.5, 0.6) is 0 Å². The Balaban J connectivity index is 1.79. The molecule has 1 aromatic heterocycles. The summed E-state index contributed by atoms with van der Waals surface area (Å²) in [6.07, 6.45) is 0.691. The summed E-state index contributed by atoms with van der Waals surface area (Å²) in [5.74, 6) is -1.70. The molecule has 0 radical (unpaired) electrons. The number of rotatable bonds is 4. The summed E-state index contributed by atoms with van der Waals surface area (Å²) in [6.45, 7) is 7.03. The summed E-state index contributed by atoms with van der Waals surface area (Å²) >= 11 is 6.22. The zero-order valence-electron chi connectivity index (χ0n) is 15.6. The van der Waals surface area contributed by atoms with Crippen molar-refractivity contribution in [1.82, 2.24) is 9.55 Å². The predicted octanol–water partition coefficient (Wildman–Crippen LogP) is 4.98. The molecular weight excluding hydrogens is 400 g/mol. The molecule has 0 saturated heterocycles. The van der Waals surface area contributed by atoms with Crippen LogP contribution in [0.2, 0.25) is 5.02 Å². The molecule has 0 spiro atoms. The van der Waals surface area contributed by atoms with Crippen LogP contribution >= 0.6 is 11.6 Å². The fourth-order valence-electron chi connectivity index (χ4n) is 3.23. The lowest BCUT2D eigenvalue weighted by Crippen LogP contribution is -2.17. The van der Waals surface area contributed by atoms with Crippen LogP contribution in [0.15, 0.2) is 30.6 Å². The number of anilines is 3. The molecule has 148 valence electrons. The Morgan fingerprint density at radius 2 is 2.14 bits per heavy atom. The zero-order valence-corrected chi connectivity index (χ0v) is 16.3. The van der Waals surface area contributed by atoms with E-state index in [0.717, 1.165) is 6.07 Å². The van der Waals surface area contributed by atoms with Gasteiger partial charge in [0.1, 0.15) is 17.5 Å². The summed E-state index contributed by atoms with van der Waals surface area (Å²) < 4.78 is 29.7. The number of imidazole rings is 1. The summed E-state index contributed by atoms with van der Waals surface area (Å²) in [5, 5.41) is 2.83. The normalized spacial score (nSPS) is 17.8. The van der Waals surface area contributed by atoms with Crippen LogP contribution < -0.4 is 10.2 Å². The average molecular weight is 416 g/mol. The largest absolute Gasteiger partial charge is 0.341 e. The molecule has 9 heteroatoms. The van der Waals surface area contributed by atoms with Gasteiger partial charge in [0.25, 0.3) is 0 Å². The van der Waals surface area contributed by atoms with Crippen LogP contribution in [0, 0.1) is 18.3 Å². The van der Waals surface area contributed by atoms with Gasteiger partial charge in [-0.25, -0.2) is 18.6 Å². The number of nitrogens with zero attached hydrogens (tertiary/aromatic N) is 4. The monoisotopic (exact) mass is 415 g/mol. The van der Waals surface area contributed by atoms with Gasteiger partial charge >= 0.3 is 0 Å². The van der Waals surface area contributed by atoms with Crippen molar-refractivity contribution in [2.45, 2.75) is 12.6 Å². The number of aromatic nitrogens is 2. The molecule has 2 atom stereocenters. The number of nitrogens with one attached hydrogen (secondary N) is 1. The van der Waals surface area contributed by atoms with E-state index in [1.54, 1.807) is 37.1 Å². The van der Waals surface area contributed by atoms with Gasteiger partial charge in [0.2, 0.25) is 5.91 Å². The van der Waals surface area contributed by atoms with Crippen molar-refractivity contribution in [3.63, 3.8) is 0 Å². The third-order valence-corrected chi connectivity index (χ3v) is 5.26. The molecule has 4 rings (SSSR count). The van der Waals surface area contributed by atoms with Crippen molar-refractivity contribution < 1.29 is 13.6 Å². The quantitative estimate of drug-likeness (QED) is 0.611. The van der Waals surface area contributed by atoms with Crippen LogP contribution in [0.25, 0.3) is 15.9 Å². The summed E-state index contributed by atoms with van der Waals surface area (Å²) in [4.78, 5) is 21.3. The first-order valence-electron chi connectivity index (χ1n) is 8.80. The second-order valence-corrected chi connectivity index (χ2v) is 7.40. The number of amides is 1. The lowest BCUT2D eigenvalue weighted by Gasteiger charge is -2.23. The first-order chi connectivity index (χ1) is 13.8. The van der Waals surface area contributed by atoms with E-state index in [2.05, 4.69) is 15.1 Å². The molecule has 1 N–H and O–H groups in total. The highest BCUT2D eigenvalue weighted by Gasteiger charge is 2.43. The average Bonchev–Trinajstić information content (AvgIpc) is 3.30. The van der Waals surface area contributed by atoms with E-state index >= 15 is 0 Å². The number of carbonyl (C=O) groups excluding carboxylic acids is 1. The first kappa shape index (κ1) is 19.2. The number of carbonyl (C=O) groups is 1. The molecule has 2 aromatic carbocycles. The highest BCUT2D eigenvalue weighted by Crippen LogP contribution is 2.40. The van der Waals surface area contributed by atoms with E-state index in [4.69, 9.17) is 18.2 Å². The lowest BCUT2D eigenvalue weighted by molar-refractivity contribution is -0.117. The number of hydrogen-bond donors (Lipinski definition) is 1. The minimum Gasteiger partial charge on any atom is -0.341 e. The van der Waals surface area contributed by atoms with Crippen LogP contribution in [0.1, 0.15) is 6.42 Å². The predicted molar refractivity (Wildman–Crippen MR) is 108 cm³/mol. The SMILES string of the molecule is [C-]#[N+]c1cc(F)c(N(C)c2cc(NC(=O)[C@H]3C[C@H]3F)c3ncn(C)c3c2)c(Cl)c1. The number of fused-ring (bicyclic) bond motifs is 1. The van der Waals surface area contributed by atoms with E-state index in [1.165, 1.54) is 11.0 Å². The smallest absolute Gasteiger partial charge is 0.230 e. The van der Waals surface area contributed by atoms with Gasteiger partial charge in [-0.1, -0.05) is 11.6 Å². The van der Waals surface area contributed by atoms with Gasteiger partial charge in [-0.3, -0.25) is 4.79 Å². The topological polar surface area (TPSA) is 54.5 Å². The minimum atomic E-state index is -1.12. The summed E-state index contributed by atoms with van der Waals surface area (Å²) in [5.41, 5.74) is 2.40. The van der Waals surface area contributed by atoms with Crippen LogP contribution in [0.4, 0.5) is 31.5 Å². The molecule has 0 unspecified atom stereocenters. The van der Waals surface area contributed by atoms with Crippen molar-refractivity contribution in [3.8, 4) is 0 Å². The van der Waals surface area contributed by atoms with Gasteiger partial charge in [-0.05, 0) is 30.7 Å². The van der Waals surface area contributed by atoms with Crippen molar-refractivity contribution >= 4 is 51.3 Å². The standard InChI is InChI=1S/C20H16ClF2N5O/c1-24-10-4-13(21)19(15(23)5-10)28(3)11-6-16(26-20(29)12-8-14(12)22)18-17(7-11)27(2)9-25-18/h4-7,9,12,14H,8H2,2-3H3,(H,26,29)/t12-,14+/m0/s1. The minimum absolute atomic E-state index is 0.0902.